The maximum Gasteiger partial charge on any atom is 0.260 e. The van der Waals surface area contributed by atoms with Gasteiger partial charge in [0.25, 0.3) is 5.91 Å². The number of rotatable bonds is 7. The summed E-state index contributed by atoms with van der Waals surface area (Å²) < 4.78 is 5.74. The normalized spacial score (nSPS) is 12.3. The highest BCUT2D eigenvalue weighted by Crippen LogP contribution is 2.20. The van der Waals surface area contributed by atoms with Crippen molar-refractivity contribution in [1.29, 1.82) is 0 Å². The molecule has 20 heavy (non-hydrogen) atoms. The summed E-state index contributed by atoms with van der Waals surface area (Å²) in [6.07, 6.45) is 0.462. The SMILES string of the molecule is Cc1ccc(C)c(OC(C)C(=O)NCCCN(C)C)c1. The van der Waals surface area contributed by atoms with Crippen LogP contribution in [-0.2, 0) is 4.79 Å². The van der Waals surface area contributed by atoms with Crippen LogP contribution in [0, 0.1) is 13.8 Å². The van der Waals surface area contributed by atoms with Gasteiger partial charge in [-0.1, -0.05) is 12.1 Å². The van der Waals surface area contributed by atoms with Crippen LogP contribution in [-0.4, -0.2) is 44.1 Å². The zero-order valence-electron chi connectivity index (χ0n) is 13.2. The second kappa shape index (κ2) is 7.90. The number of ether oxygens (including phenoxy) is 1. The molecule has 0 radical (unpaired) electrons. The largest absolute Gasteiger partial charge is 0.481 e. The molecular weight excluding hydrogens is 252 g/mol. The van der Waals surface area contributed by atoms with Crippen LogP contribution < -0.4 is 10.1 Å². The fraction of sp³-hybridized carbons (Fsp3) is 0.562. The third-order valence-electron chi connectivity index (χ3n) is 3.10. The van der Waals surface area contributed by atoms with Gasteiger partial charge in [0.15, 0.2) is 6.10 Å². The lowest BCUT2D eigenvalue weighted by molar-refractivity contribution is -0.127. The highest BCUT2D eigenvalue weighted by atomic mass is 16.5. The summed E-state index contributed by atoms with van der Waals surface area (Å²) in [7, 11) is 4.04. The summed E-state index contributed by atoms with van der Waals surface area (Å²) in [6.45, 7) is 7.42. The number of nitrogens with one attached hydrogen (secondary N) is 1. The molecule has 1 unspecified atom stereocenters. The molecule has 0 saturated carbocycles. The molecule has 0 aromatic heterocycles. The summed E-state index contributed by atoms with van der Waals surface area (Å²) in [5.74, 6) is 0.714. The van der Waals surface area contributed by atoms with Crippen LogP contribution >= 0.6 is 0 Å². The molecule has 0 bridgehead atoms. The number of nitrogens with zero attached hydrogens (tertiary/aromatic N) is 1. The highest BCUT2D eigenvalue weighted by Gasteiger charge is 2.15. The summed E-state index contributed by atoms with van der Waals surface area (Å²) in [6, 6.07) is 6.01. The van der Waals surface area contributed by atoms with Gasteiger partial charge in [0.2, 0.25) is 0 Å². The molecule has 1 amide bonds. The van der Waals surface area contributed by atoms with E-state index in [4.69, 9.17) is 4.74 Å². The van der Waals surface area contributed by atoms with E-state index >= 15 is 0 Å². The lowest BCUT2D eigenvalue weighted by atomic mass is 10.1. The summed E-state index contributed by atoms with van der Waals surface area (Å²) in [5.41, 5.74) is 2.17. The topological polar surface area (TPSA) is 41.6 Å². The van der Waals surface area contributed by atoms with Gasteiger partial charge in [-0.15, -0.1) is 0 Å². The van der Waals surface area contributed by atoms with Crippen LogP contribution in [0.15, 0.2) is 18.2 Å². The zero-order valence-corrected chi connectivity index (χ0v) is 13.2. The van der Waals surface area contributed by atoms with Crippen LogP contribution in [0.4, 0.5) is 0 Å². The lowest BCUT2D eigenvalue weighted by Crippen LogP contribution is -2.37. The summed E-state index contributed by atoms with van der Waals surface area (Å²) >= 11 is 0. The monoisotopic (exact) mass is 278 g/mol. The van der Waals surface area contributed by atoms with Crippen molar-refractivity contribution in [2.75, 3.05) is 27.2 Å². The van der Waals surface area contributed by atoms with Gasteiger partial charge in [-0.25, -0.2) is 0 Å². The van der Waals surface area contributed by atoms with E-state index in [1.807, 2.05) is 46.1 Å². The fourth-order valence-corrected chi connectivity index (χ4v) is 1.83. The molecule has 0 aliphatic rings. The Labute approximate surface area is 122 Å². The maximum absolute atomic E-state index is 11.9. The van der Waals surface area contributed by atoms with E-state index in [9.17, 15) is 4.79 Å². The van der Waals surface area contributed by atoms with Crippen molar-refractivity contribution in [3.05, 3.63) is 29.3 Å². The molecule has 4 heteroatoms. The average molecular weight is 278 g/mol. The molecule has 0 spiro atoms. The van der Waals surface area contributed by atoms with Crippen LogP contribution in [0.5, 0.6) is 5.75 Å². The molecule has 1 atom stereocenters. The van der Waals surface area contributed by atoms with Crippen molar-refractivity contribution in [3.63, 3.8) is 0 Å². The number of amides is 1. The molecule has 4 nitrogen and oxygen atoms in total. The first-order valence-corrected chi connectivity index (χ1v) is 7.06. The van der Waals surface area contributed by atoms with Crippen molar-refractivity contribution in [2.24, 2.45) is 0 Å². The Bertz CT molecular complexity index is 444. The standard InChI is InChI=1S/C16H26N2O2/c1-12-7-8-13(2)15(11-12)20-14(3)16(19)17-9-6-10-18(4)5/h7-8,11,14H,6,9-10H2,1-5H3,(H,17,19). The van der Waals surface area contributed by atoms with Gasteiger partial charge < -0.3 is 15.0 Å². The first kappa shape index (κ1) is 16.5. The van der Waals surface area contributed by atoms with Crippen LogP contribution in [0.2, 0.25) is 0 Å². The fourth-order valence-electron chi connectivity index (χ4n) is 1.83. The van der Waals surface area contributed by atoms with E-state index < -0.39 is 6.10 Å². The van der Waals surface area contributed by atoms with Crippen molar-refractivity contribution in [2.45, 2.75) is 33.3 Å². The van der Waals surface area contributed by atoms with Crippen molar-refractivity contribution < 1.29 is 9.53 Å². The first-order chi connectivity index (χ1) is 9.40. The number of carbonyl (C=O) groups excluding carboxylic acids is 1. The minimum absolute atomic E-state index is 0.0651. The highest BCUT2D eigenvalue weighted by molar-refractivity contribution is 5.80. The molecule has 112 valence electrons. The second-order valence-electron chi connectivity index (χ2n) is 5.48. The minimum atomic E-state index is -0.477. The van der Waals surface area contributed by atoms with Gasteiger partial charge in [0, 0.05) is 6.54 Å². The van der Waals surface area contributed by atoms with E-state index in [1.54, 1.807) is 6.92 Å². The Morgan fingerprint density at radius 2 is 2.05 bits per heavy atom. The van der Waals surface area contributed by atoms with Crippen molar-refractivity contribution in [1.82, 2.24) is 10.2 Å². The maximum atomic E-state index is 11.9. The minimum Gasteiger partial charge on any atom is -0.481 e. The molecule has 0 aliphatic heterocycles. The Morgan fingerprint density at radius 1 is 1.35 bits per heavy atom. The van der Waals surface area contributed by atoms with Gasteiger partial charge in [-0.05, 0) is 65.0 Å². The van der Waals surface area contributed by atoms with Crippen LogP contribution in [0.25, 0.3) is 0 Å². The number of carbonyl (C=O) groups is 1. The first-order valence-electron chi connectivity index (χ1n) is 7.06. The van der Waals surface area contributed by atoms with E-state index in [-0.39, 0.29) is 5.91 Å². The van der Waals surface area contributed by atoms with Gasteiger partial charge >= 0.3 is 0 Å². The number of hydrogen-bond acceptors (Lipinski definition) is 3. The molecule has 0 saturated heterocycles. The van der Waals surface area contributed by atoms with Gasteiger partial charge in [-0.2, -0.15) is 0 Å². The van der Waals surface area contributed by atoms with Gasteiger partial charge in [-0.3, -0.25) is 4.79 Å². The van der Waals surface area contributed by atoms with Crippen molar-refractivity contribution >= 4 is 5.91 Å². The molecule has 1 aromatic rings. The molecule has 0 fully saturated rings. The van der Waals surface area contributed by atoms with E-state index in [0.717, 1.165) is 29.8 Å². The summed E-state index contributed by atoms with van der Waals surface area (Å²) in [5, 5.41) is 2.90. The second-order valence-corrected chi connectivity index (χ2v) is 5.48. The molecule has 0 heterocycles. The van der Waals surface area contributed by atoms with E-state index in [2.05, 4.69) is 10.2 Å². The van der Waals surface area contributed by atoms with Crippen LogP contribution in [0.3, 0.4) is 0 Å². The van der Waals surface area contributed by atoms with Crippen molar-refractivity contribution in [3.8, 4) is 5.75 Å². The smallest absolute Gasteiger partial charge is 0.260 e. The average Bonchev–Trinajstić information content (AvgIpc) is 2.38. The molecule has 1 N–H and O–H groups in total. The zero-order chi connectivity index (χ0) is 15.1. The number of aryl methyl sites for hydroxylation is 2. The van der Waals surface area contributed by atoms with Gasteiger partial charge in [0.1, 0.15) is 5.75 Å². The Kier molecular flexibility index (Phi) is 6.52. The van der Waals surface area contributed by atoms with Gasteiger partial charge in [0.05, 0.1) is 0 Å². The molecule has 1 aromatic carbocycles. The lowest BCUT2D eigenvalue weighted by Gasteiger charge is -2.17. The number of benzene rings is 1. The Morgan fingerprint density at radius 3 is 2.70 bits per heavy atom. The summed E-state index contributed by atoms with van der Waals surface area (Å²) in [4.78, 5) is 14.0. The predicted molar refractivity (Wildman–Crippen MR) is 82.2 cm³/mol. The molecule has 1 rings (SSSR count). The molecular formula is C16H26N2O2. The Balaban J connectivity index is 2.43. The van der Waals surface area contributed by atoms with E-state index in [1.165, 1.54) is 0 Å². The van der Waals surface area contributed by atoms with E-state index in [0.29, 0.717) is 6.54 Å². The third-order valence-corrected chi connectivity index (χ3v) is 3.10. The molecule has 0 aliphatic carbocycles. The third kappa shape index (κ3) is 5.61. The number of hydrogen-bond donors (Lipinski definition) is 1. The predicted octanol–water partition coefficient (Wildman–Crippen LogP) is 2.14. The Hall–Kier alpha value is -1.55. The van der Waals surface area contributed by atoms with Crippen LogP contribution in [0.1, 0.15) is 24.5 Å². The quantitative estimate of drug-likeness (QED) is 0.777.